The van der Waals surface area contributed by atoms with E-state index in [1.54, 1.807) is 0 Å². The number of nitrogens with one attached hydrogen (secondary N) is 13. The third kappa shape index (κ3) is 2410. The Morgan fingerprint density at radius 3 is 0.0816 bits per heavy atom. The molecule has 340 valence electrons. The van der Waals surface area contributed by atoms with Crippen molar-refractivity contribution in [3.63, 3.8) is 0 Å². The van der Waals surface area contributed by atoms with Gasteiger partial charge < -0.3 is 0 Å². The summed E-state index contributed by atoms with van der Waals surface area (Å²) in [5.74, 6) is 0. The van der Waals surface area contributed by atoms with E-state index in [-0.39, 0.29) is 310 Å². The molecule has 0 aromatic heterocycles. The molecule has 0 aromatic carbocycles. The highest BCUT2D eigenvalue weighted by Crippen LogP contribution is 0.779. The summed E-state index contributed by atoms with van der Waals surface area (Å²) >= 11 is 43.3. The Morgan fingerprint density at radius 2 is 0.0816 bits per heavy atom. The zero-order chi connectivity index (χ0) is 26.0. The largest absolute Gasteiger partial charge is 0.235 e. The van der Waals surface area contributed by atoms with Crippen LogP contribution in [0.1, 0.15) is 0 Å². The Morgan fingerprint density at radius 1 is 0.0816 bits per heavy atom. The number of hydrogen-bond acceptors (Lipinski definition) is 26. The van der Waals surface area contributed by atoms with Gasteiger partial charge in [0, 0.05) is 162 Å². The fourth-order valence-electron chi connectivity index (χ4n) is 0. The van der Waals surface area contributed by atoms with Gasteiger partial charge in [0.25, 0.3) is 0 Å². The highest BCUT2D eigenvalue weighted by Gasteiger charge is 0.643. The highest BCUT2D eigenvalue weighted by molar-refractivity contribution is 7.62. The van der Waals surface area contributed by atoms with Crippen molar-refractivity contribution in [2.45, 2.75) is 0 Å². The molecule has 0 radical (unpaired) electrons. The van der Waals surface area contributed by atoms with Crippen LogP contribution in [0.5, 0.6) is 0 Å². The average molecular weight is 1400 g/mol. The smallest absolute Gasteiger partial charge is 0.0324 e. The van der Waals surface area contributed by atoms with Crippen LogP contribution in [-0.4, -0.2) is 0 Å². The standard InChI is InChI=1S/13HNS.23H2S/c13*1-2;;;;;;;;;;;;;;;;;;;;;;;/h13*1H;23*1H2. The summed E-state index contributed by atoms with van der Waals surface area (Å²) in [5, 5.41) is 0. The summed E-state index contributed by atoms with van der Waals surface area (Å²) in [7, 11) is 0. The number of rotatable bonds is 0. The first-order valence-electron chi connectivity index (χ1n) is 2.65. The molecule has 13 N–H and O–H groups in total. The summed E-state index contributed by atoms with van der Waals surface area (Å²) in [4.78, 5) is 0. The number of hydrogen-bond donors (Lipinski definition) is 13. The monoisotopic (exact) mass is 1390 g/mol. The van der Waals surface area contributed by atoms with Crippen LogP contribution in [0.25, 0.3) is 0 Å². The maximum Gasteiger partial charge on any atom is 0.0324 e. The van der Waals surface area contributed by atoms with Crippen molar-refractivity contribution < 1.29 is 0 Å². The summed E-state index contributed by atoms with van der Waals surface area (Å²) in [6.45, 7) is 0. The van der Waals surface area contributed by atoms with E-state index < -0.39 is 0 Å². The maximum absolute atomic E-state index is 5.33. The van der Waals surface area contributed by atoms with Gasteiger partial charge in [-0.1, -0.05) is 0 Å². The first-order valence-corrected chi connectivity index (χ1v) is 7.96. The van der Waals surface area contributed by atoms with E-state index in [0.29, 0.717) is 0 Å². The molecule has 0 fully saturated rings. The van der Waals surface area contributed by atoms with Crippen LogP contribution >= 0.6 is 310 Å². The van der Waals surface area contributed by atoms with E-state index in [4.69, 9.17) is 62.1 Å². The molecular weight excluding hydrogens is 1340 g/mol. The van der Waals surface area contributed by atoms with E-state index in [2.05, 4.69) is 162 Å². The molecule has 0 aromatic rings. The normalized spacial score (nSPS) is 1.06. The summed E-state index contributed by atoms with van der Waals surface area (Å²) in [5.41, 5.74) is 0. The SMILES string of the molecule is N=S.N=S.N=S.N=S.N=S.N=S.N=S.N=S.N=S.N=S.N=S.N=S.N=S.S.S.S.S.S.S.S.S.S.S.S.S.S.S.S.S.S.S.S.S.S.S.S. The van der Waals surface area contributed by atoms with E-state index in [0.717, 1.165) is 0 Å². The van der Waals surface area contributed by atoms with E-state index >= 15 is 0 Å². The Kier molecular flexibility index (Phi) is 20400. The molecule has 49 heteroatoms. The van der Waals surface area contributed by atoms with Gasteiger partial charge in [-0.05, 0) is 0 Å². The van der Waals surface area contributed by atoms with Crippen molar-refractivity contribution in [3.05, 3.63) is 0 Å². The zero-order valence-electron chi connectivity index (χ0n) is 23.3. The second-order valence-corrected chi connectivity index (χ2v) is 0. The minimum atomic E-state index is 0. The molecule has 0 unspecified atom stereocenters. The molecule has 0 aliphatic rings. The molecule has 0 saturated carbocycles. The minimum absolute atomic E-state index is 0. The van der Waals surface area contributed by atoms with Crippen molar-refractivity contribution in [2.24, 2.45) is 0 Å². The van der Waals surface area contributed by atoms with Crippen LogP contribution in [0.3, 0.4) is 0 Å². The molecule has 0 aliphatic heterocycles. The zero-order valence-corrected chi connectivity index (χ0v) is 56.9. The molecule has 0 heterocycles. The van der Waals surface area contributed by atoms with Crippen molar-refractivity contribution in [1.29, 1.82) is 62.1 Å². The van der Waals surface area contributed by atoms with Crippen LogP contribution in [0, 0.1) is 62.1 Å². The fourth-order valence-corrected chi connectivity index (χ4v) is 0. The molecule has 0 aliphatic carbocycles. The summed E-state index contributed by atoms with van der Waals surface area (Å²) in [6, 6.07) is 0. The molecule has 0 rings (SSSR count). The van der Waals surface area contributed by atoms with Crippen LogP contribution < -0.4 is 0 Å². The van der Waals surface area contributed by atoms with Crippen molar-refractivity contribution in [3.8, 4) is 0 Å². The fraction of sp³-hybridized carbons (Fsp3) is 0. The quantitative estimate of drug-likeness (QED) is 0.124. The third-order valence-electron chi connectivity index (χ3n) is 0. The van der Waals surface area contributed by atoms with Crippen molar-refractivity contribution >= 4 is 472 Å². The molecule has 0 atom stereocenters. The lowest BCUT2D eigenvalue weighted by Gasteiger charge is -0.821. The maximum atomic E-state index is 5.33. The lowest BCUT2D eigenvalue weighted by Crippen LogP contribution is -0.668. The second kappa shape index (κ2) is 2490. The minimum Gasteiger partial charge on any atom is -0.235 e. The van der Waals surface area contributed by atoms with E-state index in [1.165, 1.54) is 0 Å². The van der Waals surface area contributed by atoms with Gasteiger partial charge in [-0.25, -0.2) is 62.1 Å². The van der Waals surface area contributed by atoms with Gasteiger partial charge in [-0.3, -0.25) is 0 Å². The molecule has 0 saturated heterocycles. The molecule has 0 spiro atoms. The van der Waals surface area contributed by atoms with Gasteiger partial charge >= 0.3 is 0 Å². The Labute approximate surface area is 524 Å². The van der Waals surface area contributed by atoms with Crippen molar-refractivity contribution in [1.82, 2.24) is 0 Å². The first kappa shape index (κ1) is 400. The Hall–Kier alpha value is 8.31. The lowest BCUT2D eigenvalue weighted by atomic mass is 14.0. The first-order chi connectivity index (χ1) is 13.0. The molecule has 0 amide bonds. The topological polar surface area (TPSA) is 310 Å². The van der Waals surface area contributed by atoms with Gasteiger partial charge in [-0.2, -0.15) is 310 Å². The predicted molar refractivity (Wildman–Crippen MR) is 370 cm³/mol. The van der Waals surface area contributed by atoms with Crippen LogP contribution in [0.2, 0.25) is 0 Å². The van der Waals surface area contributed by atoms with Crippen LogP contribution in [0.4, 0.5) is 0 Å². The van der Waals surface area contributed by atoms with E-state index in [1.807, 2.05) is 0 Å². The predicted octanol–water partition coefficient (Wildman–Crippen LogP) is 6.44. The average Bonchev–Trinajstić information content (AvgIpc) is 2.90. The van der Waals surface area contributed by atoms with E-state index in [9.17, 15) is 0 Å². The van der Waals surface area contributed by atoms with Crippen LogP contribution in [-0.2, 0) is 162 Å². The second-order valence-electron chi connectivity index (χ2n) is 0. The summed E-state index contributed by atoms with van der Waals surface area (Å²) < 4.78 is 69.3. The van der Waals surface area contributed by atoms with Gasteiger partial charge in [0.15, 0.2) is 0 Å². The van der Waals surface area contributed by atoms with Crippen LogP contribution in [0.15, 0.2) is 0 Å². The Balaban J connectivity index is -0.00000000106. The molecule has 13 nitrogen and oxygen atoms in total. The van der Waals surface area contributed by atoms with Gasteiger partial charge in [0.1, 0.15) is 0 Å². The van der Waals surface area contributed by atoms with Gasteiger partial charge in [0.2, 0.25) is 0 Å². The molecular formula is H59N13S36. The van der Waals surface area contributed by atoms with Crippen molar-refractivity contribution in [2.75, 3.05) is 0 Å². The molecule has 49 heavy (non-hydrogen) atoms. The molecule has 0 bridgehead atoms. The van der Waals surface area contributed by atoms with Gasteiger partial charge in [0.05, 0.1) is 0 Å². The lowest BCUT2D eigenvalue weighted by molar-refractivity contribution is 1.67. The Bertz CT molecular complexity index is 89.0. The summed E-state index contributed by atoms with van der Waals surface area (Å²) in [6.07, 6.45) is 0. The highest BCUT2D eigenvalue weighted by atomic mass is 32.1. The van der Waals surface area contributed by atoms with Gasteiger partial charge in [-0.15, -0.1) is 0 Å². The third-order valence-corrected chi connectivity index (χ3v) is 0.